The molecule has 4 heteroatoms. The Morgan fingerprint density at radius 3 is 2.92 bits per heavy atom. The number of nitrogens with two attached hydrogens (primary N) is 1. The second kappa shape index (κ2) is 3.20. The van der Waals surface area contributed by atoms with Crippen molar-refractivity contribution in [1.29, 1.82) is 0 Å². The van der Waals surface area contributed by atoms with Crippen LogP contribution in [0.25, 0.3) is 0 Å². The summed E-state index contributed by atoms with van der Waals surface area (Å²) in [6, 6.07) is 1.77. The summed E-state index contributed by atoms with van der Waals surface area (Å²) in [5.74, 6) is 2.94. The molecule has 2 rings (SSSR count). The van der Waals surface area contributed by atoms with E-state index in [-0.39, 0.29) is 0 Å². The number of aromatic nitrogens is 2. The summed E-state index contributed by atoms with van der Waals surface area (Å²) < 4.78 is 0. The van der Waals surface area contributed by atoms with Crippen molar-refractivity contribution in [2.45, 2.75) is 19.8 Å². The molecule has 0 saturated heterocycles. The fourth-order valence-electron chi connectivity index (χ4n) is 1.25. The van der Waals surface area contributed by atoms with Crippen LogP contribution in [0.2, 0.25) is 0 Å². The molecule has 1 aliphatic rings. The number of hydrogen-bond acceptors (Lipinski definition) is 4. The van der Waals surface area contributed by atoms with E-state index in [9.17, 15) is 0 Å². The zero-order valence-corrected chi connectivity index (χ0v) is 7.75. The molecule has 1 fully saturated rings. The first-order chi connectivity index (χ1) is 6.24. The lowest BCUT2D eigenvalue weighted by Crippen LogP contribution is -2.07. The molecule has 0 atom stereocenters. The van der Waals surface area contributed by atoms with E-state index in [1.807, 2.05) is 6.92 Å². The number of rotatable bonds is 3. The summed E-state index contributed by atoms with van der Waals surface area (Å²) in [6.45, 7) is 2.86. The quantitative estimate of drug-likeness (QED) is 0.729. The first-order valence-corrected chi connectivity index (χ1v) is 4.59. The summed E-state index contributed by atoms with van der Waals surface area (Å²) in [6.07, 6.45) is 2.68. The number of aryl methyl sites for hydroxylation is 1. The first kappa shape index (κ1) is 8.29. The van der Waals surface area contributed by atoms with E-state index < -0.39 is 0 Å². The second-order valence-corrected chi connectivity index (χ2v) is 3.55. The van der Waals surface area contributed by atoms with E-state index in [0.29, 0.717) is 5.82 Å². The number of nitrogens with one attached hydrogen (secondary N) is 1. The molecule has 1 saturated carbocycles. The number of nitrogens with zero attached hydrogens (tertiary/aromatic N) is 2. The van der Waals surface area contributed by atoms with Crippen molar-refractivity contribution in [3.63, 3.8) is 0 Å². The van der Waals surface area contributed by atoms with Crippen LogP contribution in [-0.4, -0.2) is 16.5 Å². The molecular weight excluding hydrogens is 164 g/mol. The average Bonchev–Trinajstić information content (AvgIpc) is 2.81. The monoisotopic (exact) mass is 178 g/mol. The smallest absolute Gasteiger partial charge is 0.131 e. The predicted molar refractivity (Wildman–Crippen MR) is 52.4 cm³/mol. The molecule has 1 aromatic rings. The molecular formula is C9H14N4. The predicted octanol–water partition coefficient (Wildman–Crippen LogP) is 1.19. The van der Waals surface area contributed by atoms with Gasteiger partial charge in [-0.3, -0.25) is 0 Å². The van der Waals surface area contributed by atoms with E-state index in [2.05, 4.69) is 15.3 Å². The average molecular weight is 178 g/mol. The van der Waals surface area contributed by atoms with Gasteiger partial charge >= 0.3 is 0 Å². The minimum Gasteiger partial charge on any atom is -0.384 e. The number of hydrogen-bond donors (Lipinski definition) is 2. The van der Waals surface area contributed by atoms with Gasteiger partial charge in [-0.2, -0.15) is 0 Å². The lowest BCUT2D eigenvalue weighted by Gasteiger charge is -2.05. The van der Waals surface area contributed by atoms with Crippen molar-refractivity contribution in [2.24, 2.45) is 5.92 Å². The Labute approximate surface area is 77.6 Å². The molecule has 1 aromatic heterocycles. The van der Waals surface area contributed by atoms with E-state index in [1.54, 1.807) is 6.07 Å². The van der Waals surface area contributed by atoms with Crippen LogP contribution in [0.5, 0.6) is 0 Å². The number of nitrogen functional groups attached to an aromatic ring is 1. The maximum Gasteiger partial charge on any atom is 0.131 e. The SMILES string of the molecule is Cc1nc(N)cc(NCC2CC2)n1. The van der Waals surface area contributed by atoms with Crippen molar-refractivity contribution in [2.75, 3.05) is 17.6 Å². The molecule has 0 aromatic carbocycles. The van der Waals surface area contributed by atoms with Crippen molar-refractivity contribution in [1.82, 2.24) is 9.97 Å². The summed E-state index contributed by atoms with van der Waals surface area (Å²) in [5.41, 5.74) is 5.59. The van der Waals surface area contributed by atoms with Crippen LogP contribution in [0.1, 0.15) is 18.7 Å². The summed E-state index contributed by atoms with van der Waals surface area (Å²) >= 11 is 0. The maximum absolute atomic E-state index is 5.59. The summed E-state index contributed by atoms with van der Waals surface area (Å²) in [5, 5.41) is 3.26. The van der Waals surface area contributed by atoms with E-state index >= 15 is 0 Å². The van der Waals surface area contributed by atoms with Crippen molar-refractivity contribution in [3.05, 3.63) is 11.9 Å². The van der Waals surface area contributed by atoms with Crippen molar-refractivity contribution < 1.29 is 0 Å². The van der Waals surface area contributed by atoms with Crippen LogP contribution in [0.3, 0.4) is 0 Å². The van der Waals surface area contributed by atoms with Gasteiger partial charge < -0.3 is 11.1 Å². The van der Waals surface area contributed by atoms with Gasteiger partial charge in [0, 0.05) is 12.6 Å². The highest BCUT2D eigenvalue weighted by molar-refractivity contribution is 5.44. The van der Waals surface area contributed by atoms with Crippen LogP contribution >= 0.6 is 0 Å². The minimum atomic E-state index is 0.533. The topological polar surface area (TPSA) is 63.8 Å². The lowest BCUT2D eigenvalue weighted by molar-refractivity contribution is 0.878. The third-order valence-electron chi connectivity index (χ3n) is 2.13. The van der Waals surface area contributed by atoms with Gasteiger partial charge in [0.05, 0.1) is 0 Å². The van der Waals surface area contributed by atoms with Crippen LogP contribution in [0, 0.1) is 12.8 Å². The third kappa shape index (κ3) is 2.31. The highest BCUT2D eigenvalue weighted by atomic mass is 15.0. The van der Waals surface area contributed by atoms with Gasteiger partial charge in [0.1, 0.15) is 17.5 Å². The summed E-state index contributed by atoms with van der Waals surface area (Å²) in [4.78, 5) is 8.24. The number of anilines is 2. The molecule has 3 N–H and O–H groups in total. The van der Waals surface area contributed by atoms with E-state index in [0.717, 1.165) is 24.1 Å². The summed E-state index contributed by atoms with van der Waals surface area (Å²) in [7, 11) is 0. The molecule has 0 spiro atoms. The Bertz CT molecular complexity index is 286. The van der Waals surface area contributed by atoms with Gasteiger partial charge in [0.2, 0.25) is 0 Å². The Balaban J connectivity index is 2.01. The zero-order chi connectivity index (χ0) is 9.26. The van der Waals surface area contributed by atoms with Gasteiger partial charge in [-0.25, -0.2) is 9.97 Å². The largest absolute Gasteiger partial charge is 0.384 e. The van der Waals surface area contributed by atoms with E-state index in [4.69, 9.17) is 5.73 Å². The highest BCUT2D eigenvalue weighted by Crippen LogP contribution is 2.28. The Morgan fingerprint density at radius 2 is 2.31 bits per heavy atom. The molecule has 0 radical (unpaired) electrons. The van der Waals surface area contributed by atoms with Gasteiger partial charge in [-0.15, -0.1) is 0 Å². The molecule has 1 heterocycles. The van der Waals surface area contributed by atoms with E-state index in [1.165, 1.54) is 12.8 Å². The maximum atomic E-state index is 5.59. The molecule has 0 bridgehead atoms. The normalized spacial score (nSPS) is 15.8. The Kier molecular flexibility index (Phi) is 2.04. The lowest BCUT2D eigenvalue weighted by atomic mass is 10.4. The fraction of sp³-hybridized carbons (Fsp3) is 0.556. The molecule has 70 valence electrons. The Morgan fingerprint density at radius 1 is 1.54 bits per heavy atom. The van der Waals surface area contributed by atoms with Crippen LogP contribution in [-0.2, 0) is 0 Å². The molecule has 0 unspecified atom stereocenters. The van der Waals surface area contributed by atoms with Crippen molar-refractivity contribution >= 4 is 11.6 Å². The zero-order valence-electron chi connectivity index (χ0n) is 7.75. The van der Waals surface area contributed by atoms with Gasteiger partial charge in [-0.05, 0) is 25.7 Å². The second-order valence-electron chi connectivity index (χ2n) is 3.55. The Hall–Kier alpha value is -1.32. The van der Waals surface area contributed by atoms with Crippen LogP contribution in [0.4, 0.5) is 11.6 Å². The highest BCUT2D eigenvalue weighted by Gasteiger charge is 2.20. The van der Waals surface area contributed by atoms with Crippen molar-refractivity contribution in [3.8, 4) is 0 Å². The molecule has 0 amide bonds. The van der Waals surface area contributed by atoms with Gasteiger partial charge in [-0.1, -0.05) is 0 Å². The molecule has 4 nitrogen and oxygen atoms in total. The van der Waals surface area contributed by atoms with Gasteiger partial charge in [0.25, 0.3) is 0 Å². The third-order valence-corrected chi connectivity index (χ3v) is 2.13. The fourth-order valence-corrected chi connectivity index (χ4v) is 1.25. The minimum absolute atomic E-state index is 0.533. The molecule has 1 aliphatic carbocycles. The van der Waals surface area contributed by atoms with Crippen LogP contribution in [0.15, 0.2) is 6.07 Å². The van der Waals surface area contributed by atoms with Crippen LogP contribution < -0.4 is 11.1 Å². The van der Waals surface area contributed by atoms with Gasteiger partial charge in [0.15, 0.2) is 0 Å². The standard InChI is InChI=1S/C9H14N4/c1-6-12-8(10)4-9(13-6)11-5-7-2-3-7/h4,7H,2-3,5H2,1H3,(H3,10,11,12,13). The first-order valence-electron chi connectivity index (χ1n) is 4.59. The molecule has 13 heavy (non-hydrogen) atoms. The molecule has 0 aliphatic heterocycles.